The molecule has 2 rings (SSSR count). The van der Waals surface area contributed by atoms with Crippen LogP contribution in [0, 0.1) is 0 Å². The number of aromatic hydroxyl groups is 1. The van der Waals surface area contributed by atoms with E-state index in [1.54, 1.807) is 24.5 Å². The molecule has 4 nitrogen and oxygen atoms in total. The van der Waals surface area contributed by atoms with Crippen LogP contribution >= 0.6 is 15.9 Å². The average Bonchev–Trinajstić information content (AvgIpc) is 2.34. The van der Waals surface area contributed by atoms with Crippen molar-refractivity contribution in [2.75, 3.05) is 11.9 Å². The van der Waals surface area contributed by atoms with Gasteiger partial charge in [-0.1, -0.05) is 0 Å². The maximum absolute atomic E-state index is 9.13. The molecule has 0 aliphatic carbocycles. The van der Waals surface area contributed by atoms with Gasteiger partial charge in [0.05, 0.1) is 4.47 Å². The van der Waals surface area contributed by atoms with Gasteiger partial charge in [-0.2, -0.15) is 0 Å². The molecule has 0 spiro atoms. The highest BCUT2D eigenvalue weighted by molar-refractivity contribution is 9.10. The molecule has 0 aliphatic heterocycles. The third-order valence-electron chi connectivity index (χ3n) is 2.22. The lowest BCUT2D eigenvalue weighted by atomic mass is 10.3. The van der Waals surface area contributed by atoms with E-state index in [1.165, 1.54) is 0 Å². The molecule has 2 N–H and O–H groups in total. The fourth-order valence-corrected chi connectivity index (χ4v) is 1.57. The zero-order chi connectivity index (χ0) is 12.1. The van der Waals surface area contributed by atoms with Gasteiger partial charge in [0.2, 0.25) is 0 Å². The number of hydrogen-bond acceptors (Lipinski definition) is 4. The number of nitrogens with one attached hydrogen (secondary N) is 1. The van der Waals surface area contributed by atoms with Crippen molar-refractivity contribution in [2.24, 2.45) is 0 Å². The first kappa shape index (κ1) is 11.9. The molecule has 5 heteroatoms. The molecule has 0 radical (unpaired) electrons. The SMILES string of the molecule is Oc1ccc(NCCc2ncc(Br)cn2)cc1. The van der Waals surface area contributed by atoms with Crippen LogP contribution in [0.1, 0.15) is 5.82 Å². The minimum atomic E-state index is 0.270. The van der Waals surface area contributed by atoms with Gasteiger partial charge in [-0.05, 0) is 40.2 Å². The van der Waals surface area contributed by atoms with Gasteiger partial charge >= 0.3 is 0 Å². The van der Waals surface area contributed by atoms with E-state index in [4.69, 9.17) is 5.11 Å². The van der Waals surface area contributed by atoms with Crippen LogP contribution in [-0.4, -0.2) is 21.6 Å². The largest absolute Gasteiger partial charge is 0.508 e. The molecule has 1 aromatic carbocycles. The van der Waals surface area contributed by atoms with E-state index in [2.05, 4.69) is 31.2 Å². The maximum Gasteiger partial charge on any atom is 0.130 e. The molecular formula is C12H12BrN3O. The lowest BCUT2D eigenvalue weighted by Gasteiger charge is -2.05. The van der Waals surface area contributed by atoms with Crippen molar-refractivity contribution in [3.63, 3.8) is 0 Å². The van der Waals surface area contributed by atoms with E-state index in [-0.39, 0.29) is 5.75 Å². The minimum Gasteiger partial charge on any atom is -0.508 e. The zero-order valence-corrected chi connectivity index (χ0v) is 10.7. The zero-order valence-electron chi connectivity index (χ0n) is 9.10. The predicted octanol–water partition coefficient (Wildman–Crippen LogP) is 2.60. The number of nitrogens with zero attached hydrogens (tertiary/aromatic N) is 2. The first-order chi connectivity index (χ1) is 8.24. The number of benzene rings is 1. The van der Waals surface area contributed by atoms with E-state index in [9.17, 15) is 0 Å². The van der Waals surface area contributed by atoms with Gasteiger partial charge in [0, 0.05) is 31.0 Å². The third kappa shape index (κ3) is 3.71. The van der Waals surface area contributed by atoms with Gasteiger partial charge in [-0.25, -0.2) is 9.97 Å². The van der Waals surface area contributed by atoms with Crippen molar-refractivity contribution in [1.82, 2.24) is 9.97 Å². The highest BCUT2D eigenvalue weighted by atomic mass is 79.9. The molecule has 1 aromatic heterocycles. The Morgan fingerprint density at radius 3 is 2.41 bits per heavy atom. The summed E-state index contributed by atoms with van der Waals surface area (Å²) in [5.41, 5.74) is 0.972. The molecule has 0 saturated carbocycles. The standard InChI is InChI=1S/C12H12BrN3O/c13-9-7-15-12(16-8-9)5-6-14-10-1-3-11(17)4-2-10/h1-4,7-8,14,17H,5-6H2. The van der Waals surface area contributed by atoms with Crippen molar-refractivity contribution in [1.29, 1.82) is 0 Å². The van der Waals surface area contributed by atoms with Crippen molar-refractivity contribution in [3.05, 3.63) is 47.0 Å². The van der Waals surface area contributed by atoms with Crippen molar-refractivity contribution >= 4 is 21.6 Å². The van der Waals surface area contributed by atoms with Crippen LogP contribution in [0.4, 0.5) is 5.69 Å². The topological polar surface area (TPSA) is 58.0 Å². The van der Waals surface area contributed by atoms with Crippen LogP contribution in [0.25, 0.3) is 0 Å². The Hall–Kier alpha value is -1.62. The number of phenols is 1. The molecule has 0 atom stereocenters. The van der Waals surface area contributed by atoms with Crippen molar-refractivity contribution < 1.29 is 5.11 Å². The van der Waals surface area contributed by atoms with Gasteiger partial charge in [0.1, 0.15) is 11.6 Å². The molecule has 0 bridgehead atoms. The van der Waals surface area contributed by atoms with Crippen LogP contribution in [-0.2, 0) is 6.42 Å². The molecule has 2 aromatic rings. The average molecular weight is 294 g/mol. The molecular weight excluding hydrogens is 282 g/mol. The first-order valence-electron chi connectivity index (χ1n) is 5.23. The summed E-state index contributed by atoms with van der Waals surface area (Å²) < 4.78 is 0.882. The van der Waals surface area contributed by atoms with E-state index < -0.39 is 0 Å². The van der Waals surface area contributed by atoms with Gasteiger partial charge < -0.3 is 10.4 Å². The summed E-state index contributed by atoms with van der Waals surface area (Å²) in [4.78, 5) is 8.37. The Balaban J connectivity index is 1.83. The second-order valence-electron chi connectivity index (χ2n) is 3.54. The lowest BCUT2D eigenvalue weighted by molar-refractivity contribution is 0.475. The summed E-state index contributed by atoms with van der Waals surface area (Å²) >= 11 is 3.29. The van der Waals surface area contributed by atoms with Crippen molar-refractivity contribution in [2.45, 2.75) is 6.42 Å². The van der Waals surface area contributed by atoms with Crippen molar-refractivity contribution in [3.8, 4) is 5.75 Å². The van der Waals surface area contributed by atoms with E-state index in [0.717, 1.165) is 29.0 Å². The number of anilines is 1. The lowest BCUT2D eigenvalue weighted by Crippen LogP contribution is -2.07. The Labute approximate surface area is 108 Å². The predicted molar refractivity (Wildman–Crippen MR) is 70.0 cm³/mol. The molecule has 0 unspecified atom stereocenters. The third-order valence-corrected chi connectivity index (χ3v) is 2.63. The molecule has 1 heterocycles. The Kier molecular flexibility index (Phi) is 3.93. The van der Waals surface area contributed by atoms with Gasteiger partial charge in [-0.3, -0.25) is 0 Å². The fourth-order valence-electron chi connectivity index (χ4n) is 1.37. The van der Waals surface area contributed by atoms with Crippen LogP contribution < -0.4 is 5.32 Å². The molecule has 0 fully saturated rings. The fraction of sp³-hybridized carbons (Fsp3) is 0.167. The van der Waals surface area contributed by atoms with Gasteiger partial charge in [-0.15, -0.1) is 0 Å². The highest BCUT2D eigenvalue weighted by Gasteiger charge is 1.97. The second-order valence-corrected chi connectivity index (χ2v) is 4.46. The van der Waals surface area contributed by atoms with Gasteiger partial charge in [0.15, 0.2) is 0 Å². The molecule has 0 amide bonds. The number of halogens is 1. The summed E-state index contributed by atoms with van der Waals surface area (Å²) in [6.45, 7) is 0.756. The van der Waals surface area contributed by atoms with E-state index in [0.29, 0.717) is 0 Å². The van der Waals surface area contributed by atoms with E-state index >= 15 is 0 Å². The Bertz CT molecular complexity index is 425. The molecule has 0 saturated heterocycles. The second kappa shape index (κ2) is 5.63. The van der Waals surface area contributed by atoms with Crippen LogP contribution in [0.5, 0.6) is 5.75 Å². The highest BCUT2D eigenvalue weighted by Crippen LogP contribution is 2.13. The number of rotatable bonds is 4. The van der Waals surface area contributed by atoms with Gasteiger partial charge in [0.25, 0.3) is 0 Å². The summed E-state index contributed by atoms with van der Waals surface area (Å²) in [6, 6.07) is 6.96. The number of aromatic nitrogens is 2. The first-order valence-corrected chi connectivity index (χ1v) is 6.03. The van der Waals surface area contributed by atoms with Crippen LogP contribution in [0.3, 0.4) is 0 Å². The molecule has 17 heavy (non-hydrogen) atoms. The summed E-state index contributed by atoms with van der Waals surface area (Å²) in [5.74, 6) is 1.08. The quantitative estimate of drug-likeness (QED) is 0.851. The maximum atomic E-state index is 9.13. The molecule has 0 aliphatic rings. The van der Waals surface area contributed by atoms with Crippen LogP contribution in [0.2, 0.25) is 0 Å². The summed E-state index contributed by atoms with van der Waals surface area (Å²) in [6.07, 6.45) is 4.24. The van der Waals surface area contributed by atoms with E-state index in [1.807, 2.05) is 12.1 Å². The number of phenolic OH excluding ortho intramolecular Hbond substituents is 1. The smallest absolute Gasteiger partial charge is 0.130 e. The Morgan fingerprint density at radius 2 is 1.76 bits per heavy atom. The summed E-state index contributed by atoms with van der Waals surface area (Å²) in [5, 5.41) is 12.4. The Morgan fingerprint density at radius 1 is 1.12 bits per heavy atom. The normalized spacial score (nSPS) is 10.2. The monoisotopic (exact) mass is 293 g/mol. The minimum absolute atomic E-state index is 0.270. The summed E-state index contributed by atoms with van der Waals surface area (Å²) in [7, 11) is 0. The molecule has 88 valence electrons. The van der Waals surface area contributed by atoms with Crippen LogP contribution in [0.15, 0.2) is 41.1 Å². The number of hydrogen-bond donors (Lipinski definition) is 2.